The van der Waals surface area contributed by atoms with E-state index in [0.29, 0.717) is 17.1 Å². The normalized spacial score (nSPS) is 11.3. The zero-order valence-electron chi connectivity index (χ0n) is 13.0. The summed E-state index contributed by atoms with van der Waals surface area (Å²) in [6, 6.07) is 11.4. The number of hydrogen-bond acceptors (Lipinski definition) is 3. The third kappa shape index (κ3) is 3.92. The maximum atomic E-state index is 12.5. The molecule has 0 atom stereocenters. The van der Waals surface area contributed by atoms with Crippen LogP contribution in [0.3, 0.4) is 0 Å². The second-order valence-corrected chi connectivity index (χ2v) is 7.67. The first kappa shape index (κ1) is 17.5. The number of carbonyl (C=O) groups is 1. The van der Waals surface area contributed by atoms with Crippen LogP contribution in [0.15, 0.2) is 47.4 Å². The van der Waals surface area contributed by atoms with Gasteiger partial charge in [0.2, 0.25) is 0 Å². The standard InChI is InChI=1S/C17H18ClNO3S/c1-3-11-23(21,22)16-10-5-4-7-13(16)17(20)19-15-9-6-8-14(18)12(15)2/h4-10H,3,11H2,1-2H3,(H,19,20). The highest BCUT2D eigenvalue weighted by Crippen LogP contribution is 2.25. The van der Waals surface area contributed by atoms with Crippen molar-refractivity contribution >= 4 is 33.0 Å². The Kier molecular flexibility index (Phi) is 5.44. The van der Waals surface area contributed by atoms with E-state index in [1.807, 2.05) is 0 Å². The van der Waals surface area contributed by atoms with Crippen LogP contribution in [0.5, 0.6) is 0 Å². The van der Waals surface area contributed by atoms with Gasteiger partial charge < -0.3 is 5.32 Å². The predicted molar refractivity (Wildman–Crippen MR) is 92.9 cm³/mol. The number of nitrogens with one attached hydrogen (secondary N) is 1. The summed E-state index contributed by atoms with van der Waals surface area (Å²) in [4.78, 5) is 12.6. The zero-order valence-corrected chi connectivity index (χ0v) is 14.5. The Bertz CT molecular complexity index is 831. The first-order chi connectivity index (χ1) is 10.9. The van der Waals surface area contributed by atoms with Crippen LogP contribution < -0.4 is 5.32 Å². The molecule has 0 aliphatic heterocycles. The van der Waals surface area contributed by atoms with Crippen molar-refractivity contribution in [2.24, 2.45) is 0 Å². The topological polar surface area (TPSA) is 63.2 Å². The summed E-state index contributed by atoms with van der Waals surface area (Å²) in [5.74, 6) is -0.460. The average Bonchev–Trinajstić information content (AvgIpc) is 2.52. The van der Waals surface area contributed by atoms with Crippen LogP contribution in [0.25, 0.3) is 0 Å². The molecule has 2 aromatic carbocycles. The van der Waals surface area contributed by atoms with Crippen LogP contribution in [-0.2, 0) is 9.84 Å². The number of halogens is 1. The fraction of sp³-hybridized carbons (Fsp3) is 0.235. The van der Waals surface area contributed by atoms with Crippen molar-refractivity contribution in [2.45, 2.75) is 25.2 Å². The van der Waals surface area contributed by atoms with Crippen LogP contribution in [-0.4, -0.2) is 20.1 Å². The molecule has 0 heterocycles. The molecule has 23 heavy (non-hydrogen) atoms. The minimum atomic E-state index is -3.48. The number of benzene rings is 2. The Morgan fingerprint density at radius 3 is 2.52 bits per heavy atom. The lowest BCUT2D eigenvalue weighted by Gasteiger charge is -2.12. The van der Waals surface area contributed by atoms with E-state index in [9.17, 15) is 13.2 Å². The van der Waals surface area contributed by atoms with Crippen molar-refractivity contribution in [2.75, 3.05) is 11.1 Å². The summed E-state index contributed by atoms with van der Waals surface area (Å²) in [7, 11) is -3.48. The van der Waals surface area contributed by atoms with Gasteiger partial charge in [0, 0.05) is 10.7 Å². The van der Waals surface area contributed by atoms with Gasteiger partial charge in [-0.2, -0.15) is 0 Å². The second-order valence-electron chi connectivity index (χ2n) is 5.18. The molecular formula is C17H18ClNO3S. The minimum Gasteiger partial charge on any atom is -0.322 e. The molecule has 0 radical (unpaired) electrons. The lowest BCUT2D eigenvalue weighted by molar-refractivity contribution is 0.102. The third-order valence-electron chi connectivity index (χ3n) is 3.46. The highest BCUT2D eigenvalue weighted by molar-refractivity contribution is 7.91. The van der Waals surface area contributed by atoms with Gasteiger partial charge in [-0.05, 0) is 43.2 Å². The fourth-order valence-corrected chi connectivity index (χ4v) is 3.95. The van der Waals surface area contributed by atoms with Crippen LogP contribution in [0.4, 0.5) is 5.69 Å². The van der Waals surface area contributed by atoms with Gasteiger partial charge in [0.25, 0.3) is 5.91 Å². The number of anilines is 1. The zero-order chi connectivity index (χ0) is 17.0. The number of amides is 1. The van der Waals surface area contributed by atoms with E-state index in [2.05, 4.69) is 5.32 Å². The number of carbonyl (C=O) groups excluding carboxylic acids is 1. The molecule has 1 amide bonds. The quantitative estimate of drug-likeness (QED) is 0.882. The van der Waals surface area contributed by atoms with Gasteiger partial charge in [-0.3, -0.25) is 4.79 Å². The lowest BCUT2D eigenvalue weighted by atomic mass is 10.1. The first-order valence-corrected chi connectivity index (χ1v) is 9.28. The van der Waals surface area contributed by atoms with E-state index < -0.39 is 15.7 Å². The monoisotopic (exact) mass is 351 g/mol. The molecule has 1 N–H and O–H groups in total. The molecule has 0 spiro atoms. The van der Waals surface area contributed by atoms with Gasteiger partial charge in [-0.1, -0.05) is 36.7 Å². The van der Waals surface area contributed by atoms with Crippen molar-refractivity contribution < 1.29 is 13.2 Å². The van der Waals surface area contributed by atoms with E-state index in [-0.39, 0.29) is 16.2 Å². The smallest absolute Gasteiger partial charge is 0.256 e. The molecule has 122 valence electrons. The largest absolute Gasteiger partial charge is 0.322 e. The van der Waals surface area contributed by atoms with E-state index in [0.717, 1.165) is 5.56 Å². The van der Waals surface area contributed by atoms with Crippen molar-refractivity contribution in [3.63, 3.8) is 0 Å². The molecule has 0 bridgehead atoms. The van der Waals surface area contributed by atoms with Crippen molar-refractivity contribution in [3.05, 3.63) is 58.6 Å². The van der Waals surface area contributed by atoms with Crippen molar-refractivity contribution in [1.82, 2.24) is 0 Å². The molecule has 0 unspecified atom stereocenters. The molecular weight excluding hydrogens is 334 g/mol. The molecule has 0 aliphatic rings. The summed E-state index contributed by atoms with van der Waals surface area (Å²) in [5.41, 5.74) is 1.43. The summed E-state index contributed by atoms with van der Waals surface area (Å²) in [6.45, 7) is 3.58. The predicted octanol–water partition coefficient (Wildman–Crippen LogP) is 4.08. The van der Waals surface area contributed by atoms with Crippen molar-refractivity contribution in [1.29, 1.82) is 0 Å². The van der Waals surface area contributed by atoms with E-state index >= 15 is 0 Å². The van der Waals surface area contributed by atoms with Gasteiger partial charge in [0.15, 0.2) is 9.84 Å². The van der Waals surface area contributed by atoms with Gasteiger partial charge in [-0.15, -0.1) is 0 Å². The highest BCUT2D eigenvalue weighted by atomic mass is 35.5. The van der Waals surface area contributed by atoms with Crippen LogP contribution >= 0.6 is 11.6 Å². The van der Waals surface area contributed by atoms with Crippen molar-refractivity contribution in [3.8, 4) is 0 Å². The molecule has 6 heteroatoms. The molecule has 0 aromatic heterocycles. The van der Waals surface area contributed by atoms with Gasteiger partial charge >= 0.3 is 0 Å². The Hall–Kier alpha value is -1.85. The van der Waals surface area contributed by atoms with Crippen LogP contribution in [0, 0.1) is 6.92 Å². The molecule has 2 aromatic rings. The number of rotatable bonds is 5. The summed E-state index contributed by atoms with van der Waals surface area (Å²) >= 11 is 6.04. The maximum absolute atomic E-state index is 12.5. The summed E-state index contributed by atoms with van der Waals surface area (Å²) < 4.78 is 24.7. The van der Waals surface area contributed by atoms with Crippen LogP contribution in [0.1, 0.15) is 29.3 Å². The molecule has 4 nitrogen and oxygen atoms in total. The lowest BCUT2D eigenvalue weighted by Crippen LogP contribution is -2.18. The number of sulfone groups is 1. The van der Waals surface area contributed by atoms with Gasteiger partial charge in [0.05, 0.1) is 16.2 Å². The summed E-state index contributed by atoms with van der Waals surface area (Å²) in [5, 5.41) is 3.27. The Labute approximate surface area is 141 Å². The molecule has 2 rings (SSSR count). The SMILES string of the molecule is CCCS(=O)(=O)c1ccccc1C(=O)Nc1cccc(Cl)c1C. The highest BCUT2D eigenvalue weighted by Gasteiger charge is 2.21. The number of hydrogen-bond donors (Lipinski definition) is 1. The molecule has 0 fully saturated rings. The fourth-order valence-electron chi connectivity index (χ4n) is 2.24. The van der Waals surface area contributed by atoms with E-state index in [1.165, 1.54) is 12.1 Å². The Morgan fingerprint density at radius 1 is 1.13 bits per heavy atom. The van der Waals surface area contributed by atoms with Gasteiger partial charge in [0.1, 0.15) is 0 Å². The molecule has 0 saturated heterocycles. The molecule has 0 aliphatic carbocycles. The second kappa shape index (κ2) is 7.15. The van der Waals surface area contributed by atoms with E-state index in [1.54, 1.807) is 44.2 Å². The maximum Gasteiger partial charge on any atom is 0.256 e. The first-order valence-electron chi connectivity index (χ1n) is 7.25. The Balaban J connectivity index is 2.39. The molecule has 0 saturated carbocycles. The summed E-state index contributed by atoms with van der Waals surface area (Å²) in [6.07, 6.45) is 0.492. The minimum absolute atomic E-state index is 0.00743. The Morgan fingerprint density at radius 2 is 1.83 bits per heavy atom. The van der Waals surface area contributed by atoms with Crippen LogP contribution in [0.2, 0.25) is 5.02 Å². The van der Waals surface area contributed by atoms with Gasteiger partial charge in [-0.25, -0.2) is 8.42 Å². The third-order valence-corrected chi connectivity index (χ3v) is 5.84. The average molecular weight is 352 g/mol. The van der Waals surface area contributed by atoms with E-state index in [4.69, 9.17) is 11.6 Å².